The van der Waals surface area contributed by atoms with Gasteiger partial charge in [-0.15, -0.1) is 0 Å². The molecule has 0 atom stereocenters. The molecule has 1 aliphatic rings. The van der Waals surface area contributed by atoms with Crippen LogP contribution < -0.4 is 15.1 Å². The molecule has 0 spiro atoms. The average Bonchev–Trinajstić information content (AvgIpc) is 3.04. The van der Waals surface area contributed by atoms with Gasteiger partial charge in [0.2, 0.25) is 9.84 Å². The van der Waals surface area contributed by atoms with Gasteiger partial charge in [-0.3, -0.25) is 9.59 Å². The van der Waals surface area contributed by atoms with E-state index >= 15 is 0 Å². The van der Waals surface area contributed by atoms with Gasteiger partial charge in [0.05, 0.1) is 27.6 Å². The first-order valence-corrected chi connectivity index (χ1v) is 14.4. The standard InChI is InChI=1S/C31H28FN3O4S/c1-2-34(24-11-4-3-5-12-24)19-18-33-30(36)22-16-17-29-27(20-22)35(21-23-10-6-8-14-26(23)32)31(37)25-13-7-9-15-28(25)40(29,38)39/h3-17,20H,2,18-19,21H2,1H3,(H,33,36). The number of carbonyl (C=O) groups excluding carboxylic acids is 2. The number of nitrogens with one attached hydrogen (secondary N) is 1. The summed E-state index contributed by atoms with van der Waals surface area (Å²) >= 11 is 0. The molecule has 0 saturated heterocycles. The van der Waals surface area contributed by atoms with E-state index in [9.17, 15) is 22.4 Å². The van der Waals surface area contributed by atoms with Crippen LogP contribution in [0, 0.1) is 5.82 Å². The number of halogens is 1. The number of sulfone groups is 1. The Hall–Kier alpha value is -4.50. The molecule has 7 nitrogen and oxygen atoms in total. The molecular formula is C31H28FN3O4S. The number of likely N-dealkylation sites (N-methyl/N-ethyl adjacent to an activating group) is 1. The van der Waals surface area contributed by atoms with Gasteiger partial charge in [-0.2, -0.15) is 0 Å². The summed E-state index contributed by atoms with van der Waals surface area (Å²) in [5, 5.41) is 2.89. The highest BCUT2D eigenvalue weighted by atomic mass is 32.2. The summed E-state index contributed by atoms with van der Waals surface area (Å²) in [6, 6.07) is 25.9. The lowest BCUT2D eigenvalue weighted by Gasteiger charge is -2.24. The van der Waals surface area contributed by atoms with Gasteiger partial charge >= 0.3 is 0 Å². The summed E-state index contributed by atoms with van der Waals surface area (Å²) in [7, 11) is -4.11. The van der Waals surface area contributed by atoms with Crippen molar-refractivity contribution in [2.24, 2.45) is 0 Å². The van der Waals surface area contributed by atoms with E-state index in [0.29, 0.717) is 13.1 Å². The maximum Gasteiger partial charge on any atom is 0.259 e. The van der Waals surface area contributed by atoms with Crippen LogP contribution in [0.3, 0.4) is 0 Å². The first-order valence-electron chi connectivity index (χ1n) is 12.9. The van der Waals surface area contributed by atoms with Crippen molar-refractivity contribution in [1.29, 1.82) is 0 Å². The molecule has 5 rings (SSSR count). The maximum absolute atomic E-state index is 14.6. The van der Waals surface area contributed by atoms with Gasteiger partial charge < -0.3 is 15.1 Å². The average molecular weight is 558 g/mol. The molecule has 40 heavy (non-hydrogen) atoms. The van der Waals surface area contributed by atoms with Gasteiger partial charge in [0.25, 0.3) is 11.8 Å². The van der Waals surface area contributed by atoms with Crippen LogP contribution in [-0.4, -0.2) is 39.9 Å². The second-order valence-electron chi connectivity index (χ2n) is 9.34. The topological polar surface area (TPSA) is 86.8 Å². The van der Waals surface area contributed by atoms with E-state index in [0.717, 1.165) is 12.2 Å². The Morgan fingerprint density at radius 2 is 1.60 bits per heavy atom. The van der Waals surface area contributed by atoms with Gasteiger partial charge in [-0.25, -0.2) is 12.8 Å². The molecule has 1 N–H and O–H groups in total. The van der Waals surface area contributed by atoms with E-state index in [4.69, 9.17) is 0 Å². The quantitative estimate of drug-likeness (QED) is 0.327. The Kier molecular flexibility index (Phi) is 7.66. The molecular weight excluding hydrogens is 529 g/mol. The zero-order valence-electron chi connectivity index (χ0n) is 21.9. The molecule has 0 bridgehead atoms. The number of nitrogens with zero attached hydrogens (tertiary/aromatic N) is 2. The Balaban J connectivity index is 1.48. The molecule has 2 amide bonds. The maximum atomic E-state index is 14.6. The molecule has 0 radical (unpaired) electrons. The molecule has 0 unspecified atom stereocenters. The molecule has 0 aliphatic carbocycles. The van der Waals surface area contributed by atoms with Crippen LogP contribution in [0.1, 0.15) is 33.2 Å². The first kappa shape index (κ1) is 27.1. The molecule has 0 fully saturated rings. The molecule has 1 aliphatic heterocycles. The van der Waals surface area contributed by atoms with Gasteiger partial charge in [0, 0.05) is 36.4 Å². The lowest BCUT2D eigenvalue weighted by Crippen LogP contribution is -2.35. The summed E-state index contributed by atoms with van der Waals surface area (Å²) < 4.78 is 42.0. The highest BCUT2D eigenvalue weighted by Gasteiger charge is 2.36. The third-order valence-corrected chi connectivity index (χ3v) is 8.77. The van der Waals surface area contributed by atoms with Gasteiger partial charge in [0.15, 0.2) is 0 Å². The van der Waals surface area contributed by atoms with Crippen LogP contribution in [0.4, 0.5) is 15.8 Å². The Labute approximate surface area is 232 Å². The third-order valence-electron chi connectivity index (χ3n) is 6.91. The minimum atomic E-state index is -4.11. The first-order chi connectivity index (χ1) is 19.3. The predicted octanol–water partition coefficient (Wildman–Crippen LogP) is 5.08. The predicted molar refractivity (Wildman–Crippen MR) is 152 cm³/mol. The Morgan fingerprint density at radius 3 is 2.35 bits per heavy atom. The van der Waals surface area contributed by atoms with Crippen molar-refractivity contribution in [2.45, 2.75) is 23.3 Å². The number of anilines is 2. The number of carbonyl (C=O) groups is 2. The fraction of sp³-hybridized carbons (Fsp3) is 0.161. The van der Waals surface area contributed by atoms with Crippen molar-refractivity contribution in [3.8, 4) is 0 Å². The number of benzene rings is 4. The van der Waals surface area contributed by atoms with Crippen LogP contribution >= 0.6 is 0 Å². The summed E-state index contributed by atoms with van der Waals surface area (Å²) in [4.78, 5) is 30.0. The van der Waals surface area contributed by atoms with Gasteiger partial charge in [-0.1, -0.05) is 48.5 Å². The number of hydrogen-bond acceptors (Lipinski definition) is 5. The van der Waals surface area contributed by atoms with Gasteiger partial charge in [0.1, 0.15) is 5.82 Å². The number of fused-ring (bicyclic) bond motifs is 2. The Bertz CT molecular complexity index is 1680. The van der Waals surface area contributed by atoms with E-state index in [2.05, 4.69) is 10.2 Å². The highest BCUT2D eigenvalue weighted by molar-refractivity contribution is 7.91. The summed E-state index contributed by atoms with van der Waals surface area (Å²) in [6.07, 6.45) is 0. The zero-order chi connectivity index (χ0) is 28.3. The summed E-state index contributed by atoms with van der Waals surface area (Å²) in [6.45, 7) is 3.49. The lowest BCUT2D eigenvalue weighted by atomic mass is 10.1. The van der Waals surface area contributed by atoms with E-state index in [1.165, 1.54) is 53.4 Å². The summed E-state index contributed by atoms with van der Waals surface area (Å²) in [5.74, 6) is -1.53. The molecule has 4 aromatic rings. The fourth-order valence-corrected chi connectivity index (χ4v) is 6.45. The molecule has 1 heterocycles. The molecule has 9 heteroatoms. The zero-order valence-corrected chi connectivity index (χ0v) is 22.7. The molecule has 204 valence electrons. The van der Waals surface area contributed by atoms with Crippen LogP contribution in [0.25, 0.3) is 0 Å². The largest absolute Gasteiger partial charge is 0.370 e. The van der Waals surface area contributed by atoms with Crippen LogP contribution in [0.2, 0.25) is 0 Å². The van der Waals surface area contributed by atoms with Crippen molar-refractivity contribution in [2.75, 3.05) is 29.4 Å². The second-order valence-corrected chi connectivity index (χ2v) is 11.2. The monoisotopic (exact) mass is 557 g/mol. The van der Waals surface area contributed by atoms with Crippen molar-refractivity contribution < 1.29 is 22.4 Å². The van der Waals surface area contributed by atoms with Gasteiger partial charge in [-0.05, 0) is 55.5 Å². The van der Waals surface area contributed by atoms with Crippen LogP contribution in [0.5, 0.6) is 0 Å². The number of hydrogen-bond donors (Lipinski definition) is 1. The van der Waals surface area contributed by atoms with Crippen molar-refractivity contribution >= 4 is 33.0 Å². The van der Waals surface area contributed by atoms with Crippen molar-refractivity contribution in [3.05, 3.63) is 120 Å². The van der Waals surface area contributed by atoms with Crippen LogP contribution in [0.15, 0.2) is 107 Å². The number of rotatable bonds is 8. The van der Waals surface area contributed by atoms with Crippen LogP contribution in [-0.2, 0) is 16.4 Å². The molecule has 4 aromatic carbocycles. The van der Waals surface area contributed by atoms with E-state index in [-0.39, 0.29) is 38.7 Å². The van der Waals surface area contributed by atoms with Crippen molar-refractivity contribution in [3.63, 3.8) is 0 Å². The normalized spacial score (nSPS) is 13.7. The van der Waals surface area contributed by atoms with E-state index < -0.39 is 27.5 Å². The highest BCUT2D eigenvalue weighted by Crippen LogP contribution is 2.38. The van der Waals surface area contributed by atoms with Crippen molar-refractivity contribution in [1.82, 2.24) is 5.32 Å². The Morgan fingerprint density at radius 1 is 0.900 bits per heavy atom. The second kappa shape index (κ2) is 11.3. The minimum absolute atomic E-state index is 0.0124. The van der Waals surface area contributed by atoms with E-state index in [1.54, 1.807) is 18.2 Å². The molecule has 0 saturated carbocycles. The summed E-state index contributed by atoms with van der Waals surface area (Å²) in [5.41, 5.74) is 1.46. The van der Waals surface area contributed by atoms with E-state index in [1.807, 2.05) is 37.3 Å². The SMILES string of the molecule is CCN(CCNC(=O)c1ccc2c(c1)N(Cc1ccccc1F)C(=O)c1ccccc1S2(=O)=O)c1ccccc1. The number of para-hydroxylation sites is 1. The minimum Gasteiger partial charge on any atom is -0.370 e. The lowest BCUT2D eigenvalue weighted by molar-refractivity contribution is 0.0950. The third kappa shape index (κ3) is 5.20. The smallest absolute Gasteiger partial charge is 0.259 e. The number of amides is 2. The molecule has 0 aromatic heterocycles. The fourth-order valence-electron chi connectivity index (χ4n) is 4.82.